The van der Waals surface area contributed by atoms with Crippen LogP contribution in [0.1, 0.15) is 11.1 Å². The van der Waals surface area contributed by atoms with Gasteiger partial charge in [0, 0.05) is 22.7 Å². The molecule has 0 spiro atoms. The Bertz CT molecular complexity index is 1900. The van der Waals surface area contributed by atoms with Gasteiger partial charge in [-0.15, -0.1) is 0 Å². The molecule has 0 saturated heterocycles. The first-order valence-electron chi connectivity index (χ1n) is 14.9. The topological polar surface area (TPSA) is 123 Å². The van der Waals surface area contributed by atoms with Crippen molar-refractivity contribution in [2.24, 2.45) is 0 Å². The summed E-state index contributed by atoms with van der Waals surface area (Å²) in [5.41, 5.74) is 21.6. The van der Waals surface area contributed by atoms with E-state index in [9.17, 15) is 26.3 Å². The molecule has 0 unspecified atom stereocenters. The fourth-order valence-corrected chi connectivity index (χ4v) is 4.84. The zero-order valence-corrected chi connectivity index (χ0v) is 26.1. The molecule has 0 aliphatic heterocycles. The van der Waals surface area contributed by atoms with Gasteiger partial charge in [-0.05, 0) is 119 Å². The van der Waals surface area contributed by atoms with Crippen LogP contribution < -0.4 is 32.4 Å². The number of nitrogens with two attached hydrogens (primary N) is 4. The second-order valence-corrected chi connectivity index (χ2v) is 11.0. The van der Waals surface area contributed by atoms with Crippen molar-refractivity contribution in [1.82, 2.24) is 0 Å². The summed E-state index contributed by atoms with van der Waals surface area (Å²) in [7, 11) is 0. The summed E-state index contributed by atoms with van der Waals surface area (Å²) in [6.07, 6.45) is -9.68. The van der Waals surface area contributed by atoms with Crippen molar-refractivity contribution >= 4 is 22.7 Å². The lowest BCUT2D eigenvalue weighted by molar-refractivity contribution is -0.139. The molecule has 6 aromatic rings. The van der Waals surface area contributed by atoms with E-state index in [0.717, 1.165) is 58.4 Å². The fraction of sp³-hybridized carbons (Fsp3) is 0.0526. The van der Waals surface area contributed by atoms with Crippen molar-refractivity contribution in [1.29, 1.82) is 0 Å². The van der Waals surface area contributed by atoms with Crippen molar-refractivity contribution in [3.63, 3.8) is 0 Å². The SMILES string of the molecule is Nc1ccc(-c2ccc(N)cc2C(F)(F)F)c(C(F)(F)F)c1.Nc1ccc(Oc2ccc(-c3ccc(Oc4ccc(N)cc4)cc3)cc2)cc1. The van der Waals surface area contributed by atoms with E-state index in [0.29, 0.717) is 23.5 Å². The molecule has 6 nitrogen and oxygen atoms in total. The maximum absolute atomic E-state index is 13.1. The molecule has 0 radical (unpaired) electrons. The number of alkyl halides is 6. The van der Waals surface area contributed by atoms with Crippen LogP contribution in [-0.2, 0) is 12.4 Å². The largest absolute Gasteiger partial charge is 0.457 e. The molecule has 12 heteroatoms. The van der Waals surface area contributed by atoms with Gasteiger partial charge in [0.15, 0.2) is 0 Å². The fourth-order valence-electron chi connectivity index (χ4n) is 4.84. The summed E-state index contributed by atoms with van der Waals surface area (Å²) in [6, 6.07) is 35.8. The predicted octanol–water partition coefficient (Wildman–Crippen LogP) is 10.7. The molecule has 0 saturated carbocycles. The van der Waals surface area contributed by atoms with E-state index in [1.807, 2.05) is 97.1 Å². The molecule has 0 heterocycles. The average molecular weight is 689 g/mol. The Morgan fingerprint density at radius 1 is 0.340 bits per heavy atom. The van der Waals surface area contributed by atoms with E-state index in [-0.39, 0.29) is 11.4 Å². The lowest BCUT2D eigenvalue weighted by Gasteiger charge is -2.18. The molecule has 0 aromatic heterocycles. The van der Waals surface area contributed by atoms with Gasteiger partial charge < -0.3 is 32.4 Å². The number of rotatable bonds is 6. The highest BCUT2D eigenvalue weighted by atomic mass is 19.4. The normalized spacial score (nSPS) is 11.3. The van der Waals surface area contributed by atoms with E-state index < -0.39 is 34.6 Å². The van der Waals surface area contributed by atoms with Gasteiger partial charge >= 0.3 is 12.4 Å². The maximum Gasteiger partial charge on any atom is 0.417 e. The zero-order valence-electron chi connectivity index (χ0n) is 26.1. The van der Waals surface area contributed by atoms with Gasteiger partial charge in [-0.25, -0.2) is 0 Å². The summed E-state index contributed by atoms with van der Waals surface area (Å²) < 4.78 is 90.0. The highest BCUT2D eigenvalue weighted by molar-refractivity contribution is 5.75. The third-order valence-corrected chi connectivity index (χ3v) is 7.26. The van der Waals surface area contributed by atoms with Crippen molar-refractivity contribution in [3.8, 4) is 45.3 Å². The molecule has 6 aromatic carbocycles. The smallest absolute Gasteiger partial charge is 0.417 e. The third kappa shape index (κ3) is 8.98. The first kappa shape index (κ1) is 35.0. The van der Waals surface area contributed by atoms with Crippen molar-refractivity contribution < 1.29 is 35.8 Å². The van der Waals surface area contributed by atoms with Crippen LogP contribution in [0.5, 0.6) is 23.0 Å². The van der Waals surface area contributed by atoms with E-state index in [1.54, 1.807) is 0 Å². The molecule has 0 aliphatic rings. The van der Waals surface area contributed by atoms with Gasteiger partial charge in [-0.3, -0.25) is 0 Å². The summed E-state index contributed by atoms with van der Waals surface area (Å²) >= 11 is 0. The standard InChI is InChI=1S/C24H20N2O2.C14H10F6N2/c25-19-5-13-23(14-6-19)27-21-9-1-17(2-10-21)18-3-11-22(12-4-18)28-24-15-7-20(26)8-16-24;15-13(16,17)11-5-7(21)1-3-9(11)10-4-2-8(22)6-12(10)14(18,19)20/h1-16H,25-26H2;1-6H,21-22H2. The second-order valence-electron chi connectivity index (χ2n) is 11.0. The van der Waals surface area contributed by atoms with E-state index >= 15 is 0 Å². The first-order chi connectivity index (χ1) is 23.7. The Balaban J connectivity index is 0.000000201. The monoisotopic (exact) mass is 688 g/mol. The van der Waals surface area contributed by atoms with Gasteiger partial charge in [0.1, 0.15) is 23.0 Å². The lowest BCUT2D eigenvalue weighted by Crippen LogP contribution is -2.12. The van der Waals surface area contributed by atoms with Crippen molar-refractivity contribution in [2.45, 2.75) is 12.4 Å². The number of halogens is 6. The minimum absolute atomic E-state index is 0.194. The van der Waals surface area contributed by atoms with Crippen LogP contribution in [0.15, 0.2) is 133 Å². The van der Waals surface area contributed by atoms with Crippen LogP contribution >= 0.6 is 0 Å². The van der Waals surface area contributed by atoms with Crippen LogP contribution in [0.25, 0.3) is 22.3 Å². The molecule has 0 fully saturated rings. The quantitative estimate of drug-likeness (QED) is 0.102. The Kier molecular flexibility index (Phi) is 10.1. The molecule has 8 N–H and O–H groups in total. The van der Waals surface area contributed by atoms with Crippen molar-refractivity contribution in [3.05, 3.63) is 145 Å². The Hall–Kier alpha value is -6.30. The van der Waals surface area contributed by atoms with Crippen LogP contribution in [0.3, 0.4) is 0 Å². The van der Waals surface area contributed by atoms with Gasteiger partial charge in [0.25, 0.3) is 0 Å². The summed E-state index contributed by atoms with van der Waals surface area (Å²) in [5.74, 6) is 3.06. The highest BCUT2D eigenvalue weighted by Crippen LogP contribution is 2.43. The predicted molar refractivity (Wildman–Crippen MR) is 184 cm³/mol. The van der Waals surface area contributed by atoms with Crippen LogP contribution in [0, 0.1) is 0 Å². The number of hydrogen-bond acceptors (Lipinski definition) is 6. The maximum atomic E-state index is 13.1. The molecule has 256 valence electrons. The molecule has 0 aliphatic carbocycles. The zero-order chi connectivity index (χ0) is 36.1. The van der Waals surface area contributed by atoms with Gasteiger partial charge in [0.2, 0.25) is 0 Å². The molecule has 0 amide bonds. The second kappa shape index (κ2) is 14.4. The van der Waals surface area contributed by atoms with Crippen LogP contribution in [0.4, 0.5) is 49.1 Å². The third-order valence-electron chi connectivity index (χ3n) is 7.26. The van der Waals surface area contributed by atoms with E-state index in [2.05, 4.69) is 0 Å². The van der Waals surface area contributed by atoms with Gasteiger partial charge in [-0.1, -0.05) is 36.4 Å². The summed E-state index contributed by atoms with van der Waals surface area (Å²) in [6.45, 7) is 0. The highest BCUT2D eigenvalue weighted by Gasteiger charge is 2.38. The molecule has 6 rings (SSSR count). The number of benzene rings is 6. The summed E-state index contributed by atoms with van der Waals surface area (Å²) in [5, 5.41) is 0. The van der Waals surface area contributed by atoms with Gasteiger partial charge in [0.05, 0.1) is 11.1 Å². The minimum Gasteiger partial charge on any atom is -0.457 e. The van der Waals surface area contributed by atoms with Crippen LogP contribution in [-0.4, -0.2) is 0 Å². The number of ether oxygens (including phenoxy) is 2. The Morgan fingerprint density at radius 2 is 0.600 bits per heavy atom. The Morgan fingerprint density at radius 3 is 0.880 bits per heavy atom. The average Bonchev–Trinajstić information content (AvgIpc) is 3.07. The molecule has 0 bridgehead atoms. The molecular formula is C38H30F6N4O2. The molecule has 0 atom stereocenters. The van der Waals surface area contributed by atoms with Crippen molar-refractivity contribution in [2.75, 3.05) is 22.9 Å². The molecule has 50 heavy (non-hydrogen) atoms. The summed E-state index contributed by atoms with van der Waals surface area (Å²) in [4.78, 5) is 0. The van der Waals surface area contributed by atoms with E-state index in [1.165, 1.54) is 0 Å². The number of nitrogen functional groups attached to an aromatic ring is 4. The number of anilines is 4. The minimum atomic E-state index is -4.84. The first-order valence-corrected chi connectivity index (χ1v) is 14.9. The lowest BCUT2D eigenvalue weighted by atomic mass is 9.94. The van der Waals surface area contributed by atoms with Gasteiger partial charge in [-0.2, -0.15) is 26.3 Å². The molecular weight excluding hydrogens is 658 g/mol. The van der Waals surface area contributed by atoms with E-state index in [4.69, 9.17) is 32.4 Å². The number of hydrogen-bond donors (Lipinski definition) is 4. The van der Waals surface area contributed by atoms with Crippen LogP contribution in [0.2, 0.25) is 0 Å². The Labute approximate surface area is 283 Å².